The van der Waals surface area contributed by atoms with Crippen LogP contribution in [0, 0.1) is 6.92 Å². The van der Waals surface area contributed by atoms with Gasteiger partial charge in [0.05, 0.1) is 11.4 Å². The summed E-state index contributed by atoms with van der Waals surface area (Å²) < 4.78 is 69.0. The van der Waals surface area contributed by atoms with Gasteiger partial charge in [-0.15, -0.1) is 0 Å². The number of allylic oxidation sites excluding steroid dienone is 1. The lowest BCUT2D eigenvalue weighted by Gasteiger charge is -2.31. The number of sulfonamides is 1. The largest absolute Gasteiger partial charge is 0.517 e. The smallest absolute Gasteiger partial charge is 0.366 e. The zero-order valence-electron chi connectivity index (χ0n) is 13.7. The number of carbonyl (C=O) groups excluding carboxylic acids is 1. The van der Waals surface area contributed by atoms with E-state index in [1.807, 2.05) is 0 Å². The molecule has 0 aliphatic heterocycles. The van der Waals surface area contributed by atoms with Gasteiger partial charge in [0.25, 0.3) is 0 Å². The zero-order chi connectivity index (χ0) is 19.0. The van der Waals surface area contributed by atoms with Gasteiger partial charge in [-0.2, -0.15) is 21.6 Å². The van der Waals surface area contributed by atoms with Crippen LogP contribution in [0.3, 0.4) is 0 Å². The molecule has 0 unspecified atom stereocenters. The third-order valence-electron chi connectivity index (χ3n) is 3.78. The van der Waals surface area contributed by atoms with E-state index in [2.05, 4.69) is 0 Å². The first kappa shape index (κ1) is 19.2. The van der Waals surface area contributed by atoms with Gasteiger partial charge in [0.15, 0.2) is 5.78 Å². The summed E-state index contributed by atoms with van der Waals surface area (Å²) >= 11 is 0. The highest BCUT2D eigenvalue weighted by molar-refractivity contribution is 7.93. The van der Waals surface area contributed by atoms with E-state index in [0.29, 0.717) is 0 Å². The van der Waals surface area contributed by atoms with E-state index in [-0.39, 0.29) is 15.7 Å². The summed E-state index contributed by atoms with van der Waals surface area (Å²) in [6.45, 7) is 3.05. The van der Waals surface area contributed by atoms with Crippen molar-refractivity contribution in [3.8, 4) is 0 Å². The number of ketones is 1. The van der Waals surface area contributed by atoms with Gasteiger partial charge in [-0.05, 0) is 44.2 Å². The number of hydrogen-bond acceptors (Lipinski definition) is 4. The van der Waals surface area contributed by atoms with Crippen LogP contribution in [-0.4, -0.2) is 32.4 Å². The Balaban J connectivity index is 2.69. The molecule has 1 aliphatic rings. The summed E-state index contributed by atoms with van der Waals surface area (Å²) in [4.78, 5) is 11.9. The number of hydrogen-bond donors (Lipinski definition) is 0. The van der Waals surface area contributed by atoms with E-state index in [0.717, 1.165) is 23.8 Å². The summed E-state index contributed by atoms with van der Waals surface area (Å²) in [5.74, 6) is -0.507. The number of methoxy groups -OCH3 is 1. The Morgan fingerprint density at radius 2 is 1.68 bits per heavy atom. The molecule has 25 heavy (non-hydrogen) atoms. The Kier molecular flexibility index (Phi) is 4.84. The highest BCUT2D eigenvalue weighted by Crippen LogP contribution is 2.36. The topological polar surface area (TPSA) is 63.7 Å². The van der Waals surface area contributed by atoms with E-state index in [1.165, 1.54) is 38.3 Å². The van der Waals surface area contributed by atoms with Crippen LogP contribution >= 0.6 is 0 Å². The first-order valence-corrected chi connectivity index (χ1v) is 8.55. The number of alkyl halides is 3. The normalized spacial score (nSPS) is 21.2. The maximum absolute atomic E-state index is 13.2. The Morgan fingerprint density at radius 1 is 1.12 bits per heavy atom. The van der Waals surface area contributed by atoms with Crippen molar-refractivity contribution in [2.24, 2.45) is 0 Å². The van der Waals surface area contributed by atoms with Crippen molar-refractivity contribution in [3.63, 3.8) is 0 Å². The molecule has 1 atom stereocenters. The highest BCUT2D eigenvalue weighted by Gasteiger charge is 2.52. The van der Waals surface area contributed by atoms with Crippen LogP contribution < -0.4 is 4.31 Å². The first-order chi connectivity index (χ1) is 11.4. The van der Waals surface area contributed by atoms with Gasteiger partial charge in [-0.3, -0.25) is 4.79 Å². The summed E-state index contributed by atoms with van der Waals surface area (Å²) in [6.07, 6.45) is 3.07. The average molecular weight is 375 g/mol. The number of halogens is 3. The zero-order valence-corrected chi connectivity index (χ0v) is 14.5. The molecule has 1 aliphatic carbocycles. The van der Waals surface area contributed by atoms with Crippen LogP contribution in [0.15, 0.2) is 48.2 Å². The Morgan fingerprint density at radius 3 is 2.16 bits per heavy atom. The molecular formula is C16H16F3NO4S. The third-order valence-corrected chi connectivity index (χ3v) is 5.27. The minimum absolute atomic E-state index is 0.159. The van der Waals surface area contributed by atoms with Crippen molar-refractivity contribution >= 4 is 21.5 Å². The maximum Gasteiger partial charge on any atom is 0.517 e. The maximum atomic E-state index is 13.2. The first-order valence-electron chi connectivity index (χ1n) is 7.11. The minimum atomic E-state index is -5.73. The van der Waals surface area contributed by atoms with E-state index < -0.39 is 26.9 Å². The molecule has 0 saturated heterocycles. The van der Waals surface area contributed by atoms with E-state index in [4.69, 9.17) is 4.74 Å². The van der Waals surface area contributed by atoms with Crippen molar-refractivity contribution in [2.75, 3.05) is 11.4 Å². The van der Waals surface area contributed by atoms with Crippen LogP contribution in [0.25, 0.3) is 0 Å². The standard InChI is InChI=1S/C16H16F3NO4S/c1-11-4-6-12(7-5-11)20(25(22,23)16(17,18)19)13-8-9-14(21)15(2,10-13)24-3/h4-10H,1-3H3/t15-/m0/s1. The molecule has 9 heteroatoms. The minimum Gasteiger partial charge on any atom is -0.366 e. The molecular weight excluding hydrogens is 359 g/mol. The second-order valence-corrected chi connectivity index (χ2v) is 7.41. The SMILES string of the molecule is CO[C@@]1(C)C=C(N(c2ccc(C)cc2)S(=O)(=O)C(F)(F)F)C=CC1=O. The molecule has 0 saturated carbocycles. The van der Waals surface area contributed by atoms with Crippen LogP contribution in [0.1, 0.15) is 12.5 Å². The quantitative estimate of drug-likeness (QED) is 0.811. The summed E-state index contributed by atoms with van der Waals surface area (Å²) in [5, 5.41) is 0. The number of aryl methyl sites for hydroxylation is 1. The molecule has 0 fully saturated rings. The molecule has 1 aromatic carbocycles. The number of nitrogens with zero attached hydrogens (tertiary/aromatic N) is 1. The fourth-order valence-corrected chi connectivity index (χ4v) is 3.22. The van der Waals surface area contributed by atoms with Crippen LogP contribution in [0.4, 0.5) is 18.9 Å². The monoisotopic (exact) mass is 375 g/mol. The molecule has 0 radical (unpaired) electrons. The van der Waals surface area contributed by atoms with Gasteiger partial charge in [0, 0.05) is 7.11 Å². The van der Waals surface area contributed by atoms with Gasteiger partial charge >= 0.3 is 15.5 Å². The summed E-state index contributed by atoms with van der Waals surface area (Å²) in [7, 11) is -4.53. The average Bonchev–Trinajstić information content (AvgIpc) is 2.52. The Labute approximate surface area is 143 Å². The molecule has 0 aromatic heterocycles. The molecule has 0 bridgehead atoms. The van der Waals surface area contributed by atoms with Crippen molar-refractivity contribution < 1.29 is 31.1 Å². The molecule has 0 amide bonds. The van der Waals surface area contributed by atoms with Crippen LogP contribution in [0.5, 0.6) is 0 Å². The molecule has 1 aromatic rings. The van der Waals surface area contributed by atoms with Crippen molar-refractivity contribution in [2.45, 2.75) is 25.0 Å². The van der Waals surface area contributed by atoms with Crippen LogP contribution in [0.2, 0.25) is 0 Å². The molecule has 0 spiro atoms. The number of ether oxygens (including phenoxy) is 1. The van der Waals surface area contributed by atoms with Gasteiger partial charge in [-0.25, -0.2) is 4.31 Å². The molecule has 0 N–H and O–H groups in total. The van der Waals surface area contributed by atoms with Gasteiger partial charge in [0.2, 0.25) is 0 Å². The predicted molar refractivity (Wildman–Crippen MR) is 86.3 cm³/mol. The van der Waals surface area contributed by atoms with E-state index in [9.17, 15) is 26.4 Å². The van der Waals surface area contributed by atoms with E-state index >= 15 is 0 Å². The summed E-state index contributed by atoms with van der Waals surface area (Å²) in [6, 6.07) is 5.49. The third kappa shape index (κ3) is 3.47. The number of rotatable bonds is 4. The Bertz CT molecular complexity index is 841. The van der Waals surface area contributed by atoms with Crippen molar-refractivity contribution in [1.82, 2.24) is 0 Å². The lowest BCUT2D eigenvalue weighted by Crippen LogP contribution is -2.43. The molecule has 2 rings (SSSR count). The van der Waals surface area contributed by atoms with E-state index in [1.54, 1.807) is 6.92 Å². The predicted octanol–water partition coefficient (Wildman–Crippen LogP) is 3.08. The van der Waals surface area contributed by atoms with Crippen molar-refractivity contribution in [3.05, 3.63) is 53.8 Å². The molecule has 136 valence electrons. The lowest BCUT2D eigenvalue weighted by molar-refractivity contribution is -0.129. The van der Waals surface area contributed by atoms with Gasteiger partial charge in [-0.1, -0.05) is 17.7 Å². The van der Waals surface area contributed by atoms with Gasteiger partial charge in [0.1, 0.15) is 5.60 Å². The van der Waals surface area contributed by atoms with Crippen LogP contribution in [-0.2, 0) is 19.6 Å². The number of anilines is 1. The second-order valence-electron chi connectivity index (χ2n) is 5.63. The number of carbonyl (C=O) groups is 1. The molecule has 5 nitrogen and oxygen atoms in total. The molecule has 0 heterocycles. The van der Waals surface area contributed by atoms with Gasteiger partial charge < -0.3 is 4.74 Å². The van der Waals surface area contributed by atoms with Crippen molar-refractivity contribution in [1.29, 1.82) is 0 Å². The fourth-order valence-electron chi connectivity index (χ4n) is 2.22. The Hall–Kier alpha value is -2.13. The number of benzene rings is 1. The lowest BCUT2D eigenvalue weighted by atomic mass is 9.94. The highest BCUT2D eigenvalue weighted by atomic mass is 32.2. The fraction of sp³-hybridized carbons (Fsp3) is 0.312. The second kappa shape index (κ2) is 6.30. The summed E-state index contributed by atoms with van der Waals surface area (Å²) in [5.41, 5.74) is -6.86.